The quantitative estimate of drug-likeness (QED) is 0.0337. The van der Waals surface area contributed by atoms with Crippen LogP contribution in [0.3, 0.4) is 0 Å². The van der Waals surface area contributed by atoms with Crippen LogP contribution in [0.15, 0.2) is 12.2 Å². The predicted octanol–water partition coefficient (Wildman–Crippen LogP) is 11.5. The van der Waals surface area contributed by atoms with Gasteiger partial charge in [-0.25, -0.2) is 0 Å². The molecule has 0 aromatic heterocycles. The number of carboxylic acid groups (broad SMARTS) is 1. The number of carboxylic acids is 1. The Labute approximate surface area is 302 Å². The lowest BCUT2D eigenvalue weighted by atomic mass is 10.0. The Balaban J connectivity index is 4.17. The van der Waals surface area contributed by atoms with Crippen LogP contribution in [-0.4, -0.2) is 46.8 Å². The van der Waals surface area contributed by atoms with Crippen LogP contribution in [0.1, 0.15) is 219 Å². The van der Waals surface area contributed by atoms with Crippen molar-refractivity contribution in [1.29, 1.82) is 0 Å². The van der Waals surface area contributed by atoms with Crippen LogP contribution in [0.5, 0.6) is 0 Å². The van der Waals surface area contributed by atoms with E-state index in [4.69, 9.17) is 9.84 Å². The van der Waals surface area contributed by atoms with Gasteiger partial charge in [0.15, 0.2) is 0 Å². The van der Waals surface area contributed by atoms with Gasteiger partial charge < -0.3 is 20.3 Å². The van der Waals surface area contributed by atoms with Crippen molar-refractivity contribution in [2.24, 2.45) is 0 Å². The third-order valence-corrected chi connectivity index (χ3v) is 9.54. The van der Waals surface area contributed by atoms with Crippen LogP contribution in [0, 0.1) is 0 Å². The first-order valence-corrected chi connectivity index (χ1v) is 20.9. The number of rotatable bonds is 38. The Morgan fingerprint density at radius 2 is 0.939 bits per heavy atom. The Hall–Kier alpha value is -1.89. The van der Waals surface area contributed by atoms with E-state index in [1.165, 1.54) is 148 Å². The van der Waals surface area contributed by atoms with Crippen molar-refractivity contribution in [3.8, 4) is 0 Å². The molecule has 49 heavy (non-hydrogen) atoms. The molecule has 1 amide bonds. The van der Waals surface area contributed by atoms with E-state index in [1.807, 2.05) is 6.08 Å². The first kappa shape index (κ1) is 47.1. The number of aliphatic carboxylic acids is 1. The van der Waals surface area contributed by atoms with Crippen molar-refractivity contribution in [2.75, 3.05) is 6.61 Å². The lowest BCUT2D eigenvalue weighted by molar-refractivity contribution is -0.149. The number of carbonyl (C=O) groups is 3. The van der Waals surface area contributed by atoms with Crippen molar-refractivity contribution in [3.05, 3.63) is 12.2 Å². The van der Waals surface area contributed by atoms with Crippen LogP contribution in [0.2, 0.25) is 0 Å². The van der Waals surface area contributed by atoms with Gasteiger partial charge in [-0.15, -0.1) is 0 Å². The molecular formula is C42H79NO6. The second-order valence-corrected chi connectivity index (χ2v) is 14.4. The van der Waals surface area contributed by atoms with Gasteiger partial charge in [0.1, 0.15) is 6.61 Å². The Morgan fingerprint density at radius 1 is 0.551 bits per heavy atom. The Morgan fingerprint density at radius 3 is 1.35 bits per heavy atom. The van der Waals surface area contributed by atoms with Gasteiger partial charge in [0.25, 0.3) is 0 Å². The summed E-state index contributed by atoms with van der Waals surface area (Å²) in [6, 6.07) is -0.763. The highest BCUT2D eigenvalue weighted by molar-refractivity contribution is 5.77. The molecule has 288 valence electrons. The van der Waals surface area contributed by atoms with Crippen molar-refractivity contribution < 1.29 is 29.3 Å². The second kappa shape index (κ2) is 37.4. The van der Waals surface area contributed by atoms with E-state index in [0.29, 0.717) is 6.42 Å². The molecule has 0 heterocycles. The van der Waals surface area contributed by atoms with Crippen molar-refractivity contribution in [1.82, 2.24) is 5.32 Å². The molecule has 0 aromatic carbocycles. The predicted molar refractivity (Wildman–Crippen MR) is 205 cm³/mol. The standard InChI is InChI=1S/C42H79NO6/c1-3-5-7-9-11-13-15-17-18-19-20-22-24-26-28-30-32-34-40(45)43-38(37-49-42(48)36-35-41(46)47)39(44)33-31-29-27-25-23-21-16-14-12-10-8-6-4-2/h31,33,38-39,44H,3-30,32,34-37H2,1-2H3,(H,43,45)(H,46,47)/t38-,39+/m0/s1. The van der Waals surface area contributed by atoms with Gasteiger partial charge >= 0.3 is 11.9 Å². The molecule has 0 radical (unpaired) electrons. The van der Waals surface area contributed by atoms with Crippen molar-refractivity contribution in [3.63, 3.8) is 0 Å². The third-order valence-electron chi connectivity index (χ3n) is 9.54. The lowest BCUT2D eigenvalue weighted by Crippen LogP contribution is -2.46. The molecule has 0 fully saturated rings. The SMILES string of the molecule is CCCCCCCCCCCCCC=C[C@@H](O)[C@H](COC(=O)CCC(=O)O)NC(=O)CCCCCCCCCCCCCCCCCCC. The summed E-state index contributed by atoms with van der Waals surface area (Å²) in [6.07, 6.45) is 39.3. The minimum Gasteiger partial charge on any atom is -0.481 e. The summed E-state index contributed by atoms with van der Waals surface area (Å²) in [5, 5.41) is 22.5. The van der Waals surface area contributed by atoms with Gasteiger partial charge in [0, 0.05) is 6.42 Å². The first-order valence-electron chi connectivity index (χ1n) is 20.9. The van der Waals surface area contributed by atoms with E-state index in [-0.39, 0.29) is 25.4 Å². The number of hydrogen-bond donors (Lipinski definition) is 3. The van der Waals surface area contributed by atoms with E-state index in [2.05, 4.69) is 19.2 Å². The Bertz CT molecular complexity index is 785. The molecule has 0 saturated heterocycles. The normalized spacial score (nSPS) is 12.7. The average molecular weight is 694 g/mol. The molecule has 0 aliphatic heterocycles. The molecule has 2 atom stereocenters. The molecule has 7 heteroatoms. The highest BCUT2D eigenvalue weighted by Crippen LogP contribution is 2.15. The van der Waals surface area contributed by atoms with Crippen LogP contribution >= 0.6 is 0 Å². The van der Waals surface area contributed by atoms with Gasteiger partial charge in [0.2, 0.25) is 5.91 Å². The van der Waals surface area contributed by atoms with Crippen molar-refractivity contribution >= 4 is 17.8 Å². The van der Waals surface area contributed by atoms with E-state index < -0.39 is 24.1 Å². The number of ether oxygens (including phenoxy) is 1. The highest BCUT2D eigenvalue weighted by atomic mass is 16.5. The molecule has 0 aromatic rings. The topological polar surface area (TPSA) is 113 Å². The molecule has 0 bridgehead atoms. The molecule has 0 saturated carbocycles. The fraction of sp³-hybridized carbons (Fsp3) is 0.881. The maximum absolute atomic E-state index is 12.7. The minimum atomic E-state index is -1.07. The zero-order valence-electron chi connectivity index (χ0n) is 32.2. The summed E-state index contributed by atoms with van der Waals surface area (Å²) >= 11 is 0. The fourth-order valence-corrected chi connectivity index (χ4v) is 6.28. The zero-order valence-corrected chi connectivity index (χ0v) is 32.2. The molecule has 0 aliphatic rings. The number of aliphatic hydroxyl groups is 1. The monoisotopic (exact) mass is 694 g/mol. The van der Waals surface area contributed by atoms with Gasteiger partial charge in [-0.05, 0) is 19.3 Å². The van der Waals surface area contributed by atoms with Gasteiger partial charge in [-0.1, -0.05) is 193 Å². The van der Waals surface area contributed by atoms with E-state index >= 15 is 0 Å². The molecule has 0 unspecified atom stereocenters. The largest absolute Gasteiger partial charge is 0.481 e. The molecular weight excluding hydrogens is 614 g/mol. The van der Waals surface area contributed by atoms with E-state index in [9.17, 15) is 19.5 Å². The summed E-state index contributed by atoms with van der Waals surface area (Å²) in [5.74, 6) is -1.88. The number of amides is 1. The highest BCUT2D eigenvalue weighted by Gasteiger charge is 2.21. The number of nitrogens with one attached hydrogen (secondary N) is 1. The summed E-state index contributed by atoms with van der Waals surface area (Å²) in [7, 11) is 0. The summed E-state index contributed by atoms with van der Waals surface area (Å²) < 4.78 is 5.22. The number of aliphatic hydroxyl groups excluding tert-OH is 1. The van der Waals surface area contributed by atoms with Crippen LogP contribution in [0.4, 0.5) is 0 Å². The maximum Gasteiger partial charge on any atom is 0.306 e. The number of allylic oxidation sites excluding steroid dienone is 1. The van der Waals surface area contributed by atoms with Gasteiger partial charge in [0.05, 0.1) is 25.0 Å². The zero-order chi connectivity index (χ0) is 36.0. The van der Waals surface area contributed by atoms with Crippen LogP contribution in [0.25, 0.3) is 0 Å². The van der Waals surface area contributed by atoms with Gasteiger partial charge in [-0.3, -0.25) is 14.4 Å². The van der Waals surface area contributed by atoms with Crippen LogP contribution in [-0.2, 0) is 19.1 Å². The summed E-state index contributed by atoms with van der Waals surface area (Å²) in [6.45, 7) is 4.33. The smallest absolute Gasteiger partial charge is 0.306 e. The van der Waals surface area contributed by atoms with Crippen LogP contribution < -0.4 is 5.32 Å². The Kier molecular flexibility index (Phi) is 35.9. The number of hydrogen-bond acceptors (Lipinski definition) is 5. The molecule has 3 N–H and O–H groups in total. The molecule has 0 rings (SSSR count). The first-order chi connectivity index (χ1) is 23.9. The number of esters is 1. The second-order valence-electron chi connectivity index (χ2n) is 14.4. The van der Waals surface area contributed by atoms with Crippen molar-refractivity contribution in [2.45, 2.75) is 231 Å². The molecule has 7 nitrogen and oxygen atoms in total. The third kappa shape index (κ3) is 35.7. The lowest BCUT2D eigenvalue weighted by Gasteiger charge is -2.22. The van der Waals surface area contributed by atoms with E-state index in [0.717, 1.165) is 38.5 Å². The van der Waals surface area contributed by atoms with E-state index in [1.54, 1.807) is 6.08 Å². The molecule has 0 spiro atoms. The number of unbranched alkanes of at least 4 members (excludes halogenated alkanes) is 27. The van der Waals surface area contributed by atoms with Gasteiger partial charge in [-0.2, -0.15) is 0 Å². The number of carbonyl (C=O) groups excluding carboxylic acids is 2. The maximum atomic E-state index is 12.7. The average Bonchev–Trinajstić information content (AvgIpc) is 3.08. The fourth-order valence-electron chi connectivity index (χ4n) is 6.28. The summed E-state index contributed by atoms with van der Waals surface area (Å²) in [5.41, 5.74) is 0. The minimum absolute atomic E-state index is 0.162. The summed E-state index contributed by atoms with van der Waals surface area (Å²) in [4.78, 5) is 35.5. The molecule has 0 aliphatic carbocycles.